The van der Waals surface area contributed by atoms with Crippen LogP contribution in [0.15, 0.2) is 206 Å². The molecule has 1 heterocycles. The molecule has 1 aliphatic heterocycles. The van der Waals surface area contributed by atoms with Gasteiger partial charge in [0, 0.05) is 17.1 Å². The van der Waals surface area contributed by atoms with Crippen molar-refractivity contribution in [3.8, 4) is 16.9 Å². The van der Waals surface area contributed by atoms with Crippen LogP contribution in [0, 0.1) is 13.8 Å². The Morgan fingerprint density at radius 2 is 0.709 bits per heavy atom. The summed E-state index contributed by atoms with van der Waals surface area (Å²) in [4.78, 5) is 2.42. The molecule has 0 aromatic heterocycles. The van der Waals surface area contributed by atoms with E-state index in [0.717, 1.165) is 22.7 Å². The Balaban J connectivity index is 1.53. The highest BCUT2D eigenvalue weighted by atomic mass is 29.3. The molecule has 0 N–H and O–H groups in total. The van der Waals surface area contributed by atoms with Crippen molar-refractivity contribution in [3.63, 3.8) is 0 Å². The van der Waals surface area contributed by atoms with Crippen LogP contribution in [-0.2, 0) is 0 Å². The minimum absolute atomic E-state index is 0.910. The third kappa shape index (κ3) is 5.36. The summed E-state index contributed by atoms with van der Waals surface area (Å²) >= 11 is 0. The van der Waals surface area contributed by atoms with E-state index in [1.807, 2.05) is 0 Å². The third-order valence-corrected chi connectivity index (χ3v) is 28.4. The van der Waals surface area contributed by atoms with E-state index < -0.39 is 15.2 Å². The first-order valence-electron chi connectivity index (χ1n) is 19.1. The second-order valence-corrected chi connectivity index (χ2v) is 25.4. The zero-order valence-corrected chi connectivity index (χ0v) is 33.5. The van der Waals surface area contributed by atoms with Crippen LogP contribution >= 0.6 is 0 Å². The van der Waals surface area contributed by atoms with Gasteiger partial charge in [0.1, 0.15) is 5.75 Å². The zero-order valence-electron chi connectivity index (χ0n) is 31.5. The normalized spacial score (nSPS) is 13.7. The second kappa shape index (κ2) is 14.2. The summed E-state index contributed by atoms with van der Waals surface area (Å²) in [5.41, 5.74) is 8.35. The van der Waals surface area contributed by atoms with Gasteiger partial charge in [0.15, 0.2) is 15.2 Å². The lowest BCUT2D eigenvalue weighted by molar-refractivity contribution is 0.412. The molecule has 8 aromatic carbocycles. The summed E-state index contributed by atoms with van der Waals surface area (Å²) in [6.45, 7) is 4.52. The largest absolute Gasteiger partial charge is 0.496 e. The quantitative estimate of drug-likeness (QED) is 0.145. The average Bonchev–Trinajstić information content (AvgIpc) is 3.25. The van der Waals surface area contributed by atoms with Gasteiger partial charge in [-0.1, -0.05) is 191 Å². The van der Waals surface area contributed by atoms with E-state index in [4.69, 9.17) is 4.74 Å². The SMILES string of the molecule is COc1cc2c(cc1C)[Si](c1ccccc1)(c1ccccc1)[Si](c1ccccc1)(c1ccccc1)c1cc(C)c(N(c3ccccc3)c3ccccc3)cc1-2. The van der Waals surface area contributed by atoms with Crippen LogP contribution in [0.25, 0.3) is 11.1 Å². The highest BCUT2D eigenvalue weighted by molar-refractivity contribution is 7.68. The van der Waals surface area contributed by atoms with Crippen LogP contribution < -0.4 is 40.8 Å². The molecule has 8 aromatic rings. The van der Waals surface area contributed by atoms with E-state index >= 15 is 0 Å². The van der Waals surface area contributed by atoms with Crippen LogP contribution in [0.1, 0.15) is 11.1 Å². The Labute approximate surface area is 326 Å². The first-order valence-corrected chi connectivity index (χ1v) is 24.1. The molecule has 4 heteroatoms. The monoisotopic (exact) mass is 741 g/mol. The molecule has 0 saturated heterocycles. The molecule has 2 nitrogen and oxygen atoms in total. The Morgan fingerprint density at radius 1 is 0.382 bits per heavy atom. The number of ether oxygens (including phenoxy) is 1. The van der Waals surface area contributed by atoms with Crippen LogP contribution in [0.3, 0.4) is 0 Å². The second-order valence-electron chi connectivity index (χ2n) is 14.5. The number of hydrogen-bond acceptors (Lipinski definition) is 2. The molecule has 0 fully saturated rings. The molecule has 9 rings (SSSR count). The third-order valence-electron chi connectivity index (χ3n) is 11.6. The van der Waals surface area contributed by atoms with Crippen molar-refractivity contribution in [2.75, 3.05) is 12.0 Å². The van der Waals surface area contributed by atoms with Gasteiger partial charge in [0.2, 0.25) is 0 Å². The Hall–Kier alpha value is -6.21. The van der Waals surface area contributed by atoms with Crippen molar-refractivity contribution >= 4 is 63.4 Å². The maximum Gasteiger partial charge on any atom is 0.155 e. The number of hydrogen-bond donors (Lipinski definition) is 0. The maximum absolute atomic E-state index is 6.18. The van der Waals surface area contributed by atoms with Crippen LogP contribution in [0.2, 0.25) is 0 Å². The van der Waals surface area contributed by atoms with Crippen LogP contribution in [0.4, 0.5) is 17.1 Å². The fourth-order valence-electron chi connectivity index (χ4n) is 9.47. The fourth-order valence-corrected chi connectivity index (χ4v) is 29.6. The Kier molecular flexibility index (Phi) is 8.93. The average molecular weight is 742 g/mol. The highest BCUT2D eigenvalue weighted by Gasteiger charge is 2.65. The lowest BCUT2D eigenvalue weighted by atomic mass is 9.99. The number of fused-ring (bicyclic) bond motifs is 3. The van der Waals surface area contributed by atoms with Gasteiger partial charge >= 0.3 is 0 Å². The number of aryl methyl sites for hydroxylation is 2. The van der Waals surface area contributed by atoms with Gasteiger partial charge < -0.3 is 9.64 Å². The molecule has 0 bridgehead atoms. The number of benzene rings is 8. The summed E-state index contributed by atoms with van der Waals surface area (Å²) < 4.78 is 6.18. The summed E-state index contributed by atoms with van der Waals surface area (Å²) in [6, 6.07) is 77.6. The van der Waals surface area contributed by atoms with Crippen molar-refractivity contribution in [1.29, 1.82) is 0 Å². The summed E-state index contributed by atoms with van der Waals surface area (Å²) in [7, 11) is -4.34. The molecular formula is C51H43NOSi2. The zero-order chi connectivity index (χ0) is 37.4. The molecule has 0 unspecified atom stereocenters. The molecule has 0 radical (unpaired) electrons. The first kappa shape index (κ1) is 34.6. The summed E-state index contributed by atoms with van der Waals surface area (Å²) in [5, 5.41) is 8.59. The van der Waals surface area contributed by atoms with Gasteiger partial charge in [0.25, 0.3) is 0 Å². The van der Waals surface area contributed by atoms with Gasteiger partial charge in [-0.2, -0.15) is 0 Å². The molecular weight excluding hydrogens is 699 g/mol. The standard InChI is InChI=1S/C51H43NOSi2/c1-38-34-50-46(36-48(38)52(40-22-10-4-11-23-40)41-24-12-5-13-25-41)47-37-49(53-3)39(2)35-51(47)55(44-30-18-8-19-31-44,45-32-20-9-21-33-45)54(50,42-26-14-6-15-27-42)43-28-16-7-17-29-43/h4-37H,1-3H3. The number of rotatable bonds is 8. The number of methoxy groups -OCH3 is 1. The van der Waals surface area contributed by atoms with Crippen molar-refractivity contribution < 1.29 is 4.74 Å². The molecule has 0 atom stereocenters. The van der Waals surface area contributed by atoms with Crippen molar-refractivity contribution in [2.24, 2.45) is 0 Å². The predicted octanol–water partition coefficient (Wildman–Crippen LogP) is 8.48. The van der Waals surface area contributed by atoms with Crippen molar-refractivity contribution in [1.82, 2.24) is 0 Å². The molecule has 0 saturated carbocycles. The highest BCUT2D eigenvalue weighted by Crippen LogP contribution is 2.42. The lowest BCUT2D eigenvalue weighted by Crippen LogP contribution is -2.95. The lowest BCUT2D eigenvalue weighted by Gasteiger charge is -2.54. The molecule has 266 valence electrons. The number of para-hydroxylation sites is 2. The topological polar surface area (TPSA) is 12.5 Å². The first-order chi connectivity index (χ1) is 27.1. The minimum Gasteiger partial charge on any atom is -0.496 e. The molecule has 55 heavy (non-hydrogen) atoms. The van der Waals surface area contributed by atoms with Crippen LogP contribution in [-0.4, -0.2) is 22.3 Å². The molecule has 0 amide bonds. The molecule has 0 spiro atoms. The number of anilines is 3. The molecule has 1 aliphatic rings. The van der Waals surface area contributed by atoms with E-state index in [-0.39, 0.29) is 0 Å². The van der Waals surface area contributed by atoms with E-state index in [1.165, 1.54) is 53.5 Å². The van der Waals surface area contributed by atoms with Gasteiger partial charge in [-0.25, -0.2) is 0 Å². The fraction of sp³-hybridized carbons (Fsp3) is 0.0588. The van der Waals surface area contributed by atoms with Crippen molar-refractivity contribution in [2.45, 2.75) is 13.8 Å². The van der Waals surface area contributed by atoms with Crippen molar-refractivity contribution in [3.05, 3.63) is 217 Å². The Morgan fingerprint density at radius 3 is 1.07 bits per heavy atom. The van der Waals surface area contributed by atoms with Gasteiger partial charge in [0.05, 0.1) is 7.11 Å². The van der Waals surface area contributed by atoms with Gasteiger partial charge in [-0.05, 0) is 82.9 Å². The van der Waals surface area contributed by atoms with E-state index in [9.17, 15) is 0 Å². The summed E-state index contributed by atoms with van der Waals surface area (Å²) in [5.74, 6) is 0.910. The smallest absolute Gasteiger partial charge is 0.155 e. The maximum atomic E-state index is 6.18. The van der Waals surface area contributed by atoms with Gasteiger partial charge in [-0.15, -0.1) is 0 Å². The van der Waals surface area contributed by atoms with E-state index in [1.54, 1.807) is 7.11 Å². The Bertz CT molecular complexity index is 2460. The van der Waals surface area contributed by atoms with E-state index in [2.05, 4.69) is 225 Å². The minimum atomic E-state index is -3.09. The number of nitrogens with zero attached hydrogens (tertiary/aromatic N) is 1. The van der Waals surface area contributed by atoms with E-state index in [0.29, 0.717) is 0 Å². The molecule has 0 aliphatic carbocycles. The van der Waals surface area contributed by atoms with Gasteiger partial charge in [-0.3, -0.25) is 0 Å². The predicted molar refractivity (Wildman–Crippen MR) is 238 cm³/mol. The van der Waals surface area contributed by atoms with Crippen LogP contribution in [0.5, 0.6) is 5.75 Å². The summed E-state index contributed by atoms with van der Waals surface area (Å²) in [6.07, 6.45) is 0.